The standard InChI is InChI=1S/C15H21F2N/c1-3-11-5-4-6-12(8-11)18-15-9-13(16)10(2)7-14(15)17/h7,9,11-12,18H,3-6,8H2,1-2H3. The molecule has 0 radical (unpaired) electrons. The predicted octanol–water partition coefficient (Wildman–Crippen LogP) is 4.65. The lowest BCUT2D eigenvalue weighted by atomic mass is 9.84. The third-order valence-electron chi connectivity index (χ3n) is 3.97. The van der Waals surface area contributed by atoms with Gasteiger partial charge in [-0.15, -0.1) is 0 Å². The summed E-state index contributed by atoms with van der Waals surface area (Å²) >= 11 is 0. The molecular formula is C15H21F2N. The Balaban J connectivity index is 2.07. The van der Waals surface area contributed by atoms with Gasteiger partial charge in [0.1, 0.15) is 11.6 Å². The Kier molecular flexibility index (Phi) is 4.20. The van der Waals surface area contributed by atoms with Crippen molar-refractivity contribution in [1.29, 1.82) is 0 Å². The Morgan fingerprint density at radius 1 is 1.22 bits per heavy atom. The topological polar surface area (TPSA) is 12.0 Å². The Bertz CT molecular complexity index is 417. The van der Waals surface area contributed by atoms with Crippen LogP contribution in [0.15, 0.2) is 12.1 Å². The number of halogens is 2. The van der Waals surface area contributed by atoms with Crippen molar-refractivity contribution in [2.75, 3.05) is 5.32 Å². The summed E-state index contributed by atoms with van der Waals surface area (Å²) in [5.74, 6) is 0.0175. The Labute approximate surface area is 108 Å². The first kappa shape index (κ1) is 13.3. The summed E-state index contributed by atoms with van der Waals surface area (Å²) in [5, 5.41) is 3.17. The first-order chi connectivity index (χ1) is 8.60. The van der Waals surface area contributed by atoms with Crippen LogP contribution in [0.3, 0.4) is 0 Å². The maximum atomic E-state index is 13.7. The summed E-state index contributed by atoms with van der Waals surface area (Å²) in [6, 6.07) is 2.82. The first-order valence-electron chi connectivity index (χ1n) is 6.82. The highest BCUT2D eigenvalue weighted by molar-refractivity contribution is 5.47. The van der Waals surface area contributed by atoms with Gasteiger partial charge in [-0.3, -0.25) is 0 Å². The summed E-state index contributed by atoms with van der Waals surface area (Å²) in [6.45, 7) is 3.77. The molecule has 0 saturated heterocycles. The molecule has 0 amide bonds. The fraction of sp³-hybridized carbons (Fsp3) is 0.600. The molecule has 2 unspecified atom stereocenters. The minimum Gasteiger partial charge on any atom is -0.380 e. The number of hydrogen-bond donors (Lipinski definition) is 1. The van der Waals surface area contributed by atoms with E-state index in [2.05, 4.69) is 12.2 Å². The molecule has 3 heteroatoms. The van der Waals surface area contributed by atoms with Crippen molar-refractivity contribution in [2.45, 2.75) is 52.0 Å². The average molecular weight is 253 g/mol. The molecule has 1 aliphatic carbocycles. The molecule has 1 aromatic carbocycles. The van der Waals surface area contributed by atoms with E-state index in [0.717, 1.165) is 18.8 Å². The van der Waals surface area contributed by atoms with Crippen molar-refractivity contribution in [2.24, 2.45) is 5.92 Å². The third kappa shape index (κ3) is 3.01. The molecule has 18 heavy (non-hydrogen) atoms. The summed E-state index contributed by atoms with van der Waals surface area (Å²) in [6.07, 6.45) is 5.71. The van der Waals surface area contributed by atoms with Crippen LogP contribution in [0, 0.1) is 24.5 Å². The van der Waals surface area contributed by atoms with Gasteiger partial charge in [-0.05, 0) is 37.3 Å². The largest absolute Gasteiger partial charge is 0.380 e. The van der Waals surface area contributed by atoms with E-state index >= 15 is 0 Å². The van der Waals surface area contributed by atoms with E-state index in [-0.39, 0.29) is 17.7 Å². The van der Waals surface area contributed by atoms with Crippen molar-refractivity contribution in [1.82, 2.24) is 0 Å². The number of benzene rings is 1. The highest BCUT2D eigenvalue weighted by atomic mass is 19.1. The van der Waals surface area contributed by atoms with Crippen LogP contribution in [-0.2, 0) is 0 Å². The number of rotatable bonds is 3. The fourth-order valence-electron chi connectivity index (χ4n) is 2.77. The minimum atomic E-state index is -0.354. The monoisotopic (exact) mass is 253 g/mol. The maximum absolute atomic E-state index is 13.7. The second-order valence-electron chi connectivity index (χ2n) is 5.36. The SMILES string of the molecule is CCC1CCCC(Nc2cc(F)c(C)cc2F)C1. The van der Waals surface area contributed by atoms with Crippen LogP contribution in [0.25, 0.3) is 0 Å². The van der Waals surface area contributed by atoms with Crippen molar-refractivity contribution >= 4 is 5.69 Å². The quantitative estimate of drug-likeness (QED) is 0.826. The lowest BCUT2D eigenvalue weighted by molar-refractivity contribution is 0.327. The van der Waals surface area contributed by atoms with Crippen LogP contribution in [0.2, 0.25) is 0 Å². The van der Waals surface area contributed by atoms with Crippen molar-refractivity contribution in [3.05, 3.63) is 29.3 Å². The van der Waals surface area contributed by atoms with Gasteiger partial charge in [0.05, 0.1) is 5.69 Å². The van der Waals surface area contributed by atoms with Crippen LogP contribution in [0.5, 0.6) is 0 Å². The molecule has 0 aliphatic heterocycles. The van der Waals surface area contributed by atoms with E-state index in [0.29, 0.717) is 11.3 Å². The molecule has 1 saturated carbocycles. The maximum Gasteiger partial charge on any atom is 0.146 e. The molecule has 2 rings (SSSR count). The summed E-state index contributed by atoms with van der Waals surface area (Å²) in [4.78, 5) is 0. The number of aryl methyl sites for hydroxylation is 1. The van der Waals surface area contributed by atoms with Crippen LogP contribution >= 0.6 is 0 Å². The van der Waals surface area contributed by atoms with Gasteiger partial charge in [-0.2, -0.15) is 0 Å². The lowest BCUT2D eigenvalue weighted by Crippen LogP contribution is -2.27. The second-order valence-corrected chi connectivity index (χ2v) is 5.36. The van der Waals surface area contributed by atoms with Gasteiger partial charge in [-0.1, -0.05) is 26.2 Å². The highest BCUT2D eigenvalue weighted by Crippen LogP contribution is 2.29. The van der Waals surface area contributed by atoms with Gasteiger partial charge in [0.15, 0.2) is 0 Å². The summed E-state index contributed by atoms with van der Waals surface area (Å²) in [7, 11) is 0. The Morgan fingerprint density at radius 2 is 2.00 bits per heavy atom. The smallest absolute Gasteiger partial charge is 0.146 e. The van der Waals surface area contributed by atoms with Crippen LogP contribution < -0.4 is 5.32 Å². The van der Waals surface area contributed by atoms with E-state index in [9.17, 15) is 8.78 Å². The molecule has 1 nitrogen and oxygen atoms in total. The molecule has 0 heterocycles. The average Bonchev–Trinajstić information content (AvgIpc) is 2.36. The van der Waals surface area contributed by atoms with Gasteiger partial charge >= 0.3 is 0 Å². The lowest BCUT2D eigenvalue weighted by Gasteiger charge is -2.30. The van der Waals surface area contributed by atoms with E-state index < -0.39 is 0 Å². The molecule has 0 bridgehead atoms. The summed E-state index contributed by atoms with van der Waals surface area (Å²) < 4.78 is 27.2. The molecule has 100 valence electrons. The van der Waals surface area contributed by atoms with E-state index in [1.165, 1.54) is 31.4 Å². The van der Waals surface area contributed by atoms with Crippen molar-refractivity contribution in [3.63, 3.8) is 0 Å². The van der Waals surface area contributed by atoms with Gasteiger partial charge in [0.25, 0.3) is 0 Å². The number of anilines is 1. The van der Waals surface area contributed by atoms with Crippen molar-refractivity contribution < 1.29 is 8.78 Å². The second kappa shape index (κ2) is 5.68. The molecule has 1 aliphatic rings. The molecule has 1 N–H and O–H groups in total. The molecular weight excluding hydrogens is 232 g/mol. The normalized spacial score (nSPS) is 24.0. The van der Waals surface area contributed by atoms with Crippen LogP contribution in [-0.4, -0.2) is 6.04 Å². The van der Waals surface area contributed by atoms with Gasteiger partial charge in [0.2, 0.25) is 0 Å². The molecule has 1 fully saturated rings. The number of hydrogen-bond acceptors (Lipinski definition) is 1. The zero-order valence-corrected chi connectivity index (χ0v) is 11.1. The zero-order chi connectivity index (χ0) is 13.1. The van der Waals surface area contributed by atoms with Crippen molar-refractivity contribution in [3.8, 4) is 0 Å². The first-order valence-corrected chi connectivity index (χ1v) is 6.82. The van der Waals surface area contributed by atoms with Gasteiger partial charge < -0.3 is 5.32 Å². The molecule has 2 atom stereocenters. The van der Waals surface area contributed by atoms with E-state index in [1.54, 1.807) is 6.92 Å². The van der Waals surface area contributed by atoms with Gasteiger partial charge in [-0.25, -0.2) is 8.78 Å². The predicted molar refractivity (Wildman–Crippen MR) is 70.8 cm³/mol. The Hall–Kier alpha value is -1.12. The molecule has 0 spiro atoms. The Morgan fingerprint density at radius 3 is 2.72 bits per heavy atom. The van der Waals surface area contributed by atoms with Gasteiger partial charge in [0, 0.05) is 12.1 Å². The number of nitrogens with one attached hydrogen (secondary N) is 1. The minimum absolute atomic E-state index is 0.278. The van der Waals surface area contributed by atoms with E-state index in [4.69, 9.17) is 0 Å². The molecule has 0 aromatic heterocycles. The fourth-order valence-corrected chi connectivity index (χ4v) is 2.77. The van der Waals surface area contributed by atoms with E-state index in [1.807, 2.05) is 0 Å². The van der Waals surface area contributed by atoms with Crippen LogP contribution in [0.1, 0.15) is 44.6 Å². The zero-order valence-electron chi connectivity index (χ0n) is 11.1. The van der Waals surface area contributed by atoms with Crippen LogP contribution in [0.4, 0.5) is 14.5 Å². The molecule has 1 aromatic rings. The summed E-state index contributed by atoms with van der Waals surface area (Å²) in [5.41, 5.74) is 0.660. The highest BCUT2D eigenvalue weighted by Gasteiger charge is 2.21. The third-order valence-corrected chi connectivity index (χ3v) is 3.97.